The van der Waals surface area contributed by atoms with Gasteiger partial charge in [-0.15, -0.1) is 0 Å². The fourth-order valence-corrected chi connectivity index (χ4v) is 3.72. The Morgan fingerprint density at radius 2 is 2.05 bits per heavy atom. The Bertz CT molecular complexity index is 624. The van der Waals surface area contributed by atoms with E-state index in [0.717, 1.165) is 18.8 Å². The summed E-state index contributed by atoms with van der Waals surface area (Å²) in [7, 11) is 6.03. The van der Waals surface area contributed by atoms with Crippen molar-refractivity contribution in [3.05, 3.63) is 42.0 Å². The average molecular weight is 284 g/mol. The first-order chi connectivity index (χ1) is 10.3. The molecule has 0 spiro atoms. The molecule has 112 valence electrons. The molecular weight excluding hydrogens is 260 g/mol. The van der Waals surface area contributed by atoms with Crippen LogP contribution in [0.1, 0.15) is 18.0 Å². The van der Waals surface area contributed by atoms with Crippen molar-refractivity contribution in [2.75, 3.05) is 34.3 Å². The van der Waals surface area contributed by atoms with E-state index in [-0.39, 0.29) is 0 Å². The van der Waals surface area contributed by atoms with Crippen LogP contribution in [-0.2, 0) is 0 Å². The standard InChI is InChI=1S/C18H24N2O/c1-19-12-14-10-11-20(2)18(14)17-15-7-5-4-6-13(15)8-9-16(17)21-3/h4-9,14,18-19H,10-12H2,1-3H3. The number of ether oxygens (including phenoxy) is 1. The van der Waals surface area contributed by atoms with Crippen LogP contribution in [0.15, 0.2) is 36.4 Å². The SMILES string of the molecule is CNCC1CCN(C)C1c1c(OC)ccc2ccccc12. The fraction of sp³-hybridized carbons (Fsp3) is 0.444. The van der Waals surface area contributed by atoms with Gasteiger partial charge >= 0.3 is 0 Å². The summed E-state index contributed by atoms with van der Waals surface area (Å²) in [6, 6.07) is 13.3. The third kappa shape index (κ3) is 2.52. The lowest BCUT2D eigenvalue weighted by Gasteiger charge is -2.28. The molecule has 1 saturated heterocycles. The van der Waals surface area contributed by atoms with Crippen molar-refractivity contribution in [1.82, 2.24) is 10.2 Å². The Labute approximate surface area is 126 Å². The maximum Gasteiger partial charge on any atom is 0.124 e. The summed E-state index contributed by atoms with van der Waals surface area (Å²) in [5.41, 5.74) is 1.34. The first kappa shape index (κ1) is 14.4. The highest BCUT2D eigenvalue weighted by atomic mass is 16.5. The summed E-state index contributed by atoms with van der Waals surface area (Å²) in [6.45, 7) is 2.19. The van der Waals surface area contributed by atoms with Crippen LogP contribution in [-0.4, -0.2) is 39.2 Å². The molecule has 3 heteroatoms. The summed E-state index contributed by atoms with van der Waals surface area (Å²) in [5, 5.41) is 5.95. The highest BCUT2D eigenvalue weighted by Crippen LogP contribution is 2.43. The van der Waals surface area contributed by atoms with Crippen molar-refractivity contribution in [2.24, 2.45) is 5.92 Å². The van der Waals surface area contributed by atoms with Gasteiger partial charge < -0.3 is 10.1 Å². The molecule has 1 N–H and O–H groups in total. The molecule has 2 aromatic carbocycles. The number of rotatable bonds is 4. The van der Waals surface area contributed by atoms with Gasteiger partial charge in [-0.2, -0.15) is 0 Å². The van der Waals surface area contributed by atoms with Crippen LogP contribution in [0.3, 0.4) is 0 Å². The Morgan fingerprint density at radius 3 is 2.81 bits per heavy atom. The van der Waals surface area contributed by atoms with Gasteiger partial charge in [-0.1, -0.05) is 30.3 Å². The zero-order chi connectivity index (χ0) is 14.8. The Morgan fingerprint density at radius 1 is 1.24 bits per heavy atom. The van der Waals surface area contributed by atoms with Crippen molar-refractivity contribution in [1.29, 1.82) is 0 Å². The minimum absolute atomic E-state index is 0.415. The highest BCUT2D eigenvalue weighted by molar-refractivity contribution is 5.88. The van der Waals surface area contributed by atoms with Gasteiger partial charge in [0.05, 0.1) is 7.11 Å². The van der Waals surface area contributed by atoms with Crippen molar-refractivity contribution in [3.8, 4) is 5.75 Å². The second-order valence-corrected chi connectivity index (χ2v) is 5.93. The maximum absolute atomic E-state index is 5.69. The fourth-order valence-electron chi connectivity index (χ4n) is 3.72. The van der Waals surface area contributed by atoms with E-state index in [9.17, 15) is 0 Å². The number of likely N-dealkylation sites (tertiary alicyclic amines) is 1. The second kappa shape index (κ2) is 6.04. The molecule has 3 rings (SSSR count). The van der Waals surface area contributed by atoms with Crippen LogP contribution in [0.25, 0.3) is 10.8 Å². The number of nitrogens with zero attached hydrogens (tertiary/aromatic N) is 1. The van der Waals surface area contributed by atoms with Crippen LogP contribution < -0.4 is 10.1 Å². The lowest BCUT2D eigenvalue weighted by molar-refractivity contribution is 0.267. The minimum atomic E-state index is 0.415. The van der Waals surface area contributed by atoms with E-state index in [4.69, 9.17) is 4.74 Å². The maximum atomic E-state index is 5.69. The van der Waals surface area contributed by atoms with Crippen molar-refractivity contribution in [3.63, 3.8) is 0 Å². The molecule has 0 saturated carbocycles. The van der Waals surface area contributed by atoms with Gasteiger partial charge in [0, 0.05) is 11.6 Å². The monoisotopic (exact) mass is 284 g/mol. The number of hydrogen-bond acceptors (Lipinski definition) is 3. The third-order valence-electron chi connectivity index (χ3n) is 4.69. The number of fused-ring (bicyclic) bond motifs is 1. The van der Waals surface area contributed by atoms with E-state index in [1.54, 1.807) is 7.11 Å². The molecule has 0 aromatic heterocycles. The molecule has 2 aromatic rings. The molecule has 2 unspecified atom stereocenters. The van der Waals surface area contributed by atoms with Crippen molar-refractivity contribution in [2.45, 2.75) is 12.5 Å². The van der Waals surface area contributed by atoms with Gasteiger partial charge in [-0.25, -0.2) is 0 Å². The number of benzene rings is 2. The Balaban J connectivity index is 2.17. The molecule has 1 fully saturated rings. The Hall–Kier alpha value is -1.58. The third-order valence-corrected chi connectivity index (χ3v) is 4.69. The molecule has 0 amide bonds. The first-order valence-electron chi connectivity index (χ1n) is 7.66. The summed E-state index contributed by atoms with van der Waals surface area (Å²) < 4.78 is 5.69. The summed E-state index contributed by atoms with van der Waals surface area (Å²) in [4.78, 5) is 2.46. The van der Waals surface area contributed by atoms with Crippen molar-refractivity contribution >= 4 is 10.8 Å². The van der Waals surface area contributed by atoms with Crippen LogP contribution >= 0.6 is 0 Å². The number of nitrogens with one attached hydrogen (secondary N) is 1. The van der Waals surface area contributed by atoms with Crippen LogP contribution in [0.5, 0.6) is 5.75 Å². The molecule has 1 heterocycles. The first-order valence-corrected chi connectivity index (χ1v) is 7.66. The molecular formula is C18H24N2O. The molecule has 2 atom stereocenters. The van der Waals surface area contributed by atoms with Gasteiger partial charge in [0.15, 0.2) is 0 Å². The number of methoxy groups -OCH3 is 1. The van der Waals surface area contributed by atoms with E-state index in [1.807, 2.05) is 7.05 Å². The number of hydrogen-bond donors (Lipinski definition) is 1. The van der Waals surface area contributed by atoms with Gasteiger partial charge in [-0.05, 0) is 56.4 Å². The highest BCUT2D eigenvalue weighted by Gasteiger charge is 2.35. The zero-order valence-corrected chi connectivity index (χ0v) is 13.1. The quantitative estimate of drug-likeness (QED) is 0.934. The lowest BCUT2D eigenvalue weighted by atomic mass is 9.89. The van der Waals surface area contributed by atoms with Gasteiger partial charge in [0.2, 0.25) is 0 Å². The molecule has 21 heavy (non-hydrogen) atoms. The summed E-state index contributed by atoms with van der Waals surface area (Å²) in [5.74, 6) is 1.63. The molecule has 1 aliphatic rings. The van der Waals surface area contributed by atoms with E-state index in [2.05, 4.69) is 53.7 Å². The van der Waals surface area contributed by atoms with E-state index < -0.39 is 0 Å². The van der Waals surface area contributed by atoms with E-state index in [1.165, 1.54) is 22.8 Å². The molecule has 0 bridgehead atoms. The summed E-state index contributed by atoms with van der Waals surface area (Å²) in [6.07, 6.45) is 1.23. The second-order valence-electron chi connectivity index (χ2n) is 5.93. The Kier molecular flexibility index (Phi) is 4.13. The molecule has 3 nitrogen and oxygen atoms in total. The van der Waals surface area contributed by atoms with Crippen LogP contribution in [0.2, 0.25) is 0 Å². The minimum Gasteiger partial charge on any atom is -0.496 e. The molecule has 0 radical (unpaired) electrons. The van der Waals surface area contributed by atoms with Gasteiger partial charge in [0.25, 0.3) is 0 Å². The molecule has 0 aliphatic carbocycles. The predicted octanol–water partition coefficient (Wildman–Crippen LogP) is 3.06. The van der Waals surface area contributed by atoms with Crippen molar-refractivity contribution < 1.29 is 4.74 Å². The lowest BCUT2D eigenvalue weighted by Crippen LogP contribution is -2.27. The van der Waals surface area contributed by atoms with E-state index >= 15 is 0 Å². The zero-order valence-electron chi connectivity index (χ0n) is 13.1. The average Bonchev–Trinajstić information content (AvgIpc) is 2.87. The largest absolute Gasteiger partial charge is 0.496 e. The summed E-state index contributed by atoms with van der Waals surface area (Å²) >= 11 is 0. The van der Waals surface area contributed by atoms with Gasteiger partial charge in [0.1, 0.15) is 5.75 Å². The normalized spacial score (nSPS) is 22.8. The van der Waals surface area contributed by atoms with Crippen LogP contribution in [0, 0.1) is 5.92 Å². The van der Waals surface area contributed by atoms with E-state index in [0.29, 0.717) is 12.0 Å². The smallest absolute Gasteiger partial charge is 0.124 e. The predicted molar refractivity (Wildman–Crippen MR) is 87.9 cm³/mol. The molecule has 1 aliphatic heterocycles. The van der Waals surface area contributed by atoms with Crippen LogP contribution in [0.4, 0.5) is 0 Å². The van der Waals surface area contributed by atoms with Gasteiger partial charge in [-0.3, -0.25) is 4.90 Å². The topological polar surface area (TPSA) is 24.5 Å².